The lowest BCUT2D eigenvalue weighted by atomic mass is 10.0. The molecule has 3 nitrogen and oxygen atoms in total. The van der Waals surface area contributed by atoms with E-state index in [0.29, 0.717) is 6.42 Å². The second kappa shape index (κ2) is 4.75. The first kappa shape index (κ1) is 11.5. The molecule has 0 fully saturated rings. The monoisotopic (exact) mass is 258 g/mol. The van der Waals surface area contributed by atoms with E-state index in [-0.39, 0.29) is 12.1 Å². The molecule has 0 amide bonds. The highest BCUT2D eigenvalue weighted by molar-refractivity contribution is 9.10. The molecule has 1 aromatic rings. The highest BCUT2D eigenvalue weighted by Crippen LogP contribution is 2.17. The standard InChI is InChI=1S/C10H15BrN2O/c1-10(2,6-7-14)13-9-5-3-4-8(11)12-9/h3-5,14H,6-7H2,1-2H3,(H,12,13). The summed E-state index contributed by atoms with van der Waals surface area (Å²) in [5.74, 6) is 0.817. The van der Waals surface area contributed by atoms with E-state index < -0.39 is 0 Å². The second-order valence-electron chi connectivity index (χ2n) is 3.83. The summed E-state index contributed by atoms with van der Waals surface area (Å²) in [6.07, 6.45) is 0.696. The molecule has 78 valence electrons. The molecule has 1 rings (SSSR count). The zero-order valence-corrected chi connectivity index (χ0v) is 10.0. The molecule has 2 N–H and O–H groups in total. The van der Waals surface area contributed by atoms with Crippen molar-refractivity contribution in [3.05, 3.63) is 22.8 Å². The van der Waals surface area contributed by atoms with Gasteiger partial charge in [0.25, 0.3) is 0 Å². The van der Waals surface area contributed by atoms with Crippen molar-refractivity contribution in [1.82, 2.24) is 4.98 Å². The Morgan fingerprint density at radius 3 is 2.79 bits per heavy atom. The van der Waals surface area contributed by atoms with Gasteiger partial charge in [-0.1, -0.05) is 6.07 Å². The van der Waals surface area contributed by atoms with Crippen molar-refractivity contribution in [1.29, 1.82) is 0 Å². The molecule has 0 radical (unpaired) electrons. The van der Waals surface area contributed by atoms with Crippen molar-refractivity contribution < 1.29 is 5.11 Å². The van der Waals surface area contributed by atoms with Crippen LogP contribution >= 0.6 is 15.9 Å². The average molecular weight is 259 g/mol. The molecule has 0 bridgehead atoms. The molecule has 0 saturated heterocycles. The van der Waals surface area contributed by atoms with E-state index in [2.05, 4.69) is 26.2 Å². The summed E-state index contributed by atoms with van der Waals surface area (Å²) in [6.45, 7) is 4.24. The number of nitrogens with one attached hydrogen (secondary N) is 1. The van der Waals surface area contributed by atoms with Crippen LogP contribution in [0.25, 0.3) is 0 Å². The summed E-state index contributed by atoms with van der Waals surface area (Å²) in [4.78, 5) is 4.26. The molecule has 1 aromatic heterocycles. The predicted molar refractivity (Wildman–Crippen MR) is 61.3 cm³/mol. The van der Waals surface area contributed by atoms with Crippen LogP contribution in [0, 0.1) is 0 Å². The van der Waals surface area contributed by atoms with Crippen molar-refractivity contribution in [2.24, 2.45) is 0 Å². The van der Waals surface area contributed by atoms with Gasteiger partial charge in [0.05, 0.1) is 0 Å². The first-order valence-corrected chi connectivity index (χ1v) is 5.34. The SMILES string of the molecule is CC(C)(CCO)Nc1cccc(Br)n1. The van der Waals surface area contributed by atoms with Crippen LogP contribution in [-0.4, -0.2) is 22.2 Å². The lowest BCUT2D eigenvalue weighted by molar-refractivity contribution is 0.260. The third-order valence-corrected chi connectivity index (χ3v) is 2.36. The van der Waals surface area contributed by atoms with Gasteiger partial charge in [-0.05, 0) is 48.3 Å². The maximum Gasteiger partial charge on any atom is 0.127 e. The molecule has 14 heavy (non-hydrogen) atoms. The number of aromatic nitrogens is 1. The third kappa shape index (κ3) is 3.64. The highest BCUT2D eigenvalue weighted by Gasteiger charge is 2.16. The summed E-state index contributed by atoms with van der Waals surface area (Å²) in [5.41, 5.74) is -0.136. The minimum Gasteiger partial charge on any atom is -0.396 e. The van der Waals surface area contributed by atoms with Gasteiger partial charge in [-0.25, -0.2) is 4.98 Å². The molecule has 0 spiro atoms. The first-order chi connectivity index (χ1) is 6.53. The molecular formula is C10H15BrN2O. The fraction of sp³-hybridized carbons (Fsp3) is 0.500. The summed E-state index contributed by atoms with van der Waals surface area (Å²) in [7, 11) is 0. The normalized spacial score (nSPS) is 11.4. The quantitative estimate of drug-likeness (QED) is 0.816. The van der Waals surface area contributed by atoms with E-state index in [1.807, 2.05) is 32.0 Å². The van der Waals surface area contributed by atoms with Gasteiger partial charge < -0.3 is 10.4 Å². The minimum atomic E-state index is -0.136. The Hall–Kier alpha value is -0.610. The van der Waals surface area contributed by atoms with Crippen LogP contribution in [0.4, 0.5) is 5.82 Å². The van der Waals surface area contributed by atoms with E-state index >= 15 is 0 Å². The number of hydrogen-bond acceptors (Lipinski definition) is 3. The number of halogens is 1. The Morgan fingerprint density at radius 2 is 2.21 bits per heavy atom. The van der Waals surface area contributed by atoms with E-state index in [1.54, 1.807) is 0 Å². The number of nitrogens with zero attached hydrogens (tertiary/aromatic N) is 1. The molecule has 0 aliphatic rings. The second-order valence-corrected chi connectivity index (χ2v) is 4.64. The van der Waals surface area contributed by atoms with Crippen molar-refractivity contribution in [3.8, 4) is 0 Å². The summed E-state index contributed by atoms with van der Waals surface area (Å²) in [5, 5.41) is 12.1. The van der Waals surface area contributed by atoms with Gasteiger partial charge >= 0.3 is 0 Å². The largest absolute Gasteiger partial charge is 0.396 e. The van der Waals surface area contributed by atoms with Gasteiger partial charge in [-0.3, -0.25) is 0 Å². The zero-order chi connectivity index (χ0) is 10.6. The number of rotatable bonds is 4. The molecule has 0 unspecified atom stereocenters. The Kier molecular flexibility index (Phi) is 3.89. The maximum absolute atomic E-state index is 8.86. The predicted octanol–water partition coefficient (Wildman–Crippen LogP) is 2.42. The van der Waals surface area contributed by atoms with Gasteiger partial charge in [0.15, 0.2) is 0 Å². The summed E-state index contributed by atoms with van der Waals surface area (Å²) < 4.78 is 0.808. The van der Waals surface area contributed by atoms with Crippen LogP contribution in [0.15, 0.2) is 22.8 Å². The van der Waals surface area contributed by atoms with Gasteiger partial charge in [0.1, 0.15) is 10.4 Å². The van der Waals surface area contributed by atoms with Crippen molar-refractivity contribution in [2.45, 2.75) is 25.8 Å². The lowest BCUT2D eigenvalue weighted by Gasteiger charge is -2.25. The number of hydrogen-bond donors (Lipinski definition) is 2. The molecular weight excluding hydrogens is 244 g/mol. The lowest BCUT2D eigenvalue weighted by Crippen LogP contribution is -2.32. The fourth-order valence-corrected chi connectivity index (χ4v) is 1.51. The van der Waals surface area contributed by atoms with E-state index in [4.69, 9.17) is 5.11 Å². The highest BCUT2D eigenvalue weighted by atomic mass is 79.9. The number of aliphatic hydroxyl groups is 1. The summed E-state index contributed by atoms with van der Waals surface area (Å²) >= 11 is 3.31. The van der Waals surface area contributed by atoms with Crippen LogP contribution in [-0.2, 0) is 0 Å². The first-order valence-electron chi connectivity index (χ1n) is 4.55. The van der Waals surface area contributed by atoms with Crippen LogP contribution in [0.1, 0.15) is 20.3 Å². The van der Waals surface area contributed by atoms with Gasteiger partial charge in [-0.15, -0.1) is 0 Å². The van der Waals surface area contributed by atoms with Crippen LogP contribution in [0.5, 0.6) is 0 Å². The smallest absolute Gasteiger partial charge is 0.127 e. The molecule has 0 aliphatic heterocycles. The number of pyridine rings is 1. The molecule has 0 aliphatic carbocycles. The Balaban J connectivity index is 2.68. The number of anilines is 1. The van der Waals surface area contributed by atoms with E-state index in [0.717, 1.165) is 10.4 Å². The average Bonchev–Trinajstić information content (AvgIpc) is 2.02. The van der Waals surface area contributed by atoms with Crippen molar-refractivity contribution in [2.75, 3.05) is 11.9 Å². The minimum absolute atomic E-state index is 0.136. The van der Waals surface area contributed by atoms with Crippen molar-refractivity contribution in [3.63, 3.8) is 0 Å². The summed E-state index contributed by atoms with van der Waals surface area (Å²) in [6, 6.07) is 5.71. The van der Waals surface area contributed by atoms with Crippen LogP contribution in [0.2, 0.25) is 0 Å². The Labute approximate surface area is 92.7 Å². The fourth-order valence-electron chi connectivity index (χ4n) is 1.17. The Morgan fingerprint density at radius 1 is 1.50 bits per heavy atom. The van der Waals surface area contributed by atoms with E-state index in [9.17, 15) is 0 Å². The topological polar surface area (TPSA) is 45.1 Å². The van der Waals surface area contributed by atoms with Gasteiger partial charge in [0.2, 0.25) is 0 Å². The van der Waals surface area contributed by atoms with Gasteiger partial charge in [0, 0.05) is 12.1 Å². The molecule has 1 heterocycles. The molecule has 4 heteroatoms. The van der Waals surface area contributed by atoms with Crippen molar-refractivity contribution >= 4 is 21.7 Å². The van der Waals surface area contributed by atoms with Crippen LogP contribution < -0.4 is 5.32 Å². The Bertz CT molecular complexity index is 302. The third-order valence-electron chi connectivity index (χ3n) is 1.92. The maximum atomic E-state index is 8.86. The molecule has 0 aromatic carbocycles. The molecule has 0 atom stereocenters. The number of aliphatic hydroxyl groups excluding tert-OH is 1. The van der Waals surface area contributed by atoms with Gasteiger partial charge in [-0.2, -0.15) is 0 Å². The zero-order valence-electron chi connectivity index (χ0n) is 8.42. The van der Waals surface area contributed by atoms with E-state index in [1.165, 1.54) is 0 Å². The van der Waals surface area contributed by atoms with Crippen LogP contribution in [0.3, 0.4) is 0 Å². The molecule has 0 saturated carbocycles.